The smallest absolute Gasteiger partial charge is 0.338 e. The van der Waals surface area contributed by atoms with Crippen LogP contribution in [-0.4, -0.2) is 50.6 Å². The highest BCUT2D eigenvalue weighted by Crippen LogP contribution is 2.21. The van der Waals surface area contributed by atoms with Gasteiger partial charge < -0.3 is 9.64 Å². The van der Waals surface area contributed by atoms with Crippen LogP contribution < -0.4 is 11.2 Å². The van der Waals surface area contributed by atoms with Gasteiger partial charge in [-0.2, -0.15) is 0 Å². The van der Waals surface area contributed by atoms with Crippen molar-refractivity contribution in [2.75, 3.05) is 13.7 Å². The molecule has 3 aromatic rings. The number of carbonyl (C=O) groups is 2. The predicted molar refractivity (Wildman–Crippen MR) is 127 cm³/mol. The SMILES string of the molecule is CC[C@@H]1CCCCN1C(=O)Cn1c(=O)c2c(C(=O)OC)cc(C)nc2n(-c2ccccc2)c1=O. The molecule has 1 aliphatic heterocycles. The summed E-state index contributed by atoms with van der Waals surface area (Å²) >= 11 is 0. The van der Waals surface area contributed by atoms with Crippen LogP contribution in [0.25, 0.3) is 16.7 Å². The lowest BCUT2D eigenvalue weighted by molar-refractivity contribution is -0.135. The third-order valence-electron chi connectivity index (χ3n) is 6.35. The first-order chi connectivity index (χ1) is 16.4. The molecular weight excluding hydrogens is 436 g/mol. The van der Waals surface area contributed by atoms with Gasteiger partial charge in [0.25, 0.3) is 5.56 Å². The number of amides is 1. The van der Waals surface area contributed by atoms with E-state index in [9.17, 15) is 19.2 Å². The summed E-state index contributed by atoms with van der Waals surface area (Å²) in [6.07, 6.45) is 3.65. The molecule has 0 saturated carbocycles. The Kier molecular flexibility index (Phi) is 6.63. The van der Waals surface area contributed by atoms with Crippen molar-refractivity contribution in [3.8, 4) is 5.69 Å². The molecule has 0 spiro atoms. The molecule has 178 valence electrons. The molecule has 0 bridgehead atoms. The minimum atomic E-state index is -0.738. The van der Waals surface area contributed by atoms with Crippen molar-refractivity contribution in [2.24, 2.45) is 0 Å². The first-order valence-electron chi connectivity index (χ1n) is 11.5. The molecule has 34 heavy (non-hydrogen) atoms. The second-order valence-corrected chi connectivity index (χ2v) is 8.49. The quantitative estimate of drug-likeness (QED) is 0.538. The van der Waals surface area contributed by atoms with Gasteiger partial charge in [0.1, 0.15) is 6.54 Å². The summed E-state index contributed by atoms with van der Waals surface area (Å²) < 4.78 is 7.08. The number of hydrogen-bond donors (Lipinski definition) is 0. The molecule has 9 nitrogen and oxygen atoms in total. The molecule has 1 aromatic carbocycles. The minimum absolute atomic E-state index is 0.00490. The molecule has 0 radical (unpaired) electrons. The number of nitrogens with zero attached hydrogens (tertiary/aromatic N) is 4. The van der Waals surface area contributed by atoms with Crippen LogP contribution in [0.1, 0.15) is 48.7 Å². The van der Waals surface area contributed by atoms with Gasteiger partial charge in [-0.3, -0.25) is 9.59 Å². The number of aromatic nitrogens is 3. The molecule has 1 atom stereocenters. The zero-order valence-corrected chi connectivity index (χ0v) is 19.6. The topological polar surface area (TPSA) is 104 Å². The summed E-state index contributed by atoms with van der Waals surface area (Å²) in [5.41, 5.74) is -0.448. The standard InChI is InChI=1S/C25H28N4O5/c1-4-17-10-8-9-13-27(17)20(30)15-28-23(31)21-19(24(32)34-3)14-16(2)26-22(21)29(25(28)33)18-11-6-5-7-12-18/h5-7,11-12,14,17H,4,8-10,13,15H2,1-3H3/t17-/m1/s1. The fraction of sp³-hybridized carbons (Fsp3) is 0.400. The van der Waals surface area contributed by atoms with Gasteiger partial charge in [0.05, 0.1) is 23.7 Å². The van der Waals surface area contributed by atoms with E-state index in [1.54, 1.807) is 42.2 Å². The Balaban J connectivity index is 1.98. The van der Waals surface area contributed by atoms with Gasteiger partial charge in [-0.25, -0.2) is 23.7 Å². The highest BCUT2D eigenvalue weighted by Gasteiger charge is 2.28. The van der Waals surface area contributed by atoms with E-state index in [0.717, 1.165) is 30.3 Å². The average Bonchev–Trinajstić information content (AvgIpc) is 2.86. The van der Waals surface area contributed by atoms with Crippen LogP contribution in [0.4, 0.5) is 0 Å². The number of benzene rings is 1. The van der Waals surface area contributed by atoms with Crippen molar-refractivity contribution in [2.45, 2.75) is 52.1 Å². The molecule has 0 unspecified atom stereocenters. The second-order valence-electron chi connectivity index (χ2n) is 8.49. The summed E-state index contributed by atoms with van der Waals surface area (Å²) in [6, 6.07) is 10.3. The van der Waals surface area contributed by atoms with Gasteiger partial charge in [-0.1, -0.05) is 25.1 Å². The normalized spacial score (nSPS) is 16.0. The van der Waals surface area contributed by atoms with Crippen LogP contribution in [0.5, 0.6) is 0 Å². The van der Waals surface area contributed by atoms with E-state index >= 15 is 0 Å². The maximum Gasteiger partial charge on any atom is 0.338 e. The number of esters is 1. The van der Waals surface area contributed by atoms with E-state index in [2.05, 4.69) is 4.98 Å². The van der Waals surface area contributed by atoms with Crippen LogP contribution in [0.3, 0.4) is 0 Å². The van der Waals surface area contributed by atoms with Crippen LogP contribution in [0.2, 0.25) is 0 Å². The van der Waals surface area contributed by atoms with Crippen LogP contribution in [0, 0.1) is 6.92 Å². The summed E-state index contributed by atoms with van der Waals surface area (Å²) in [5, 5.41) is -0.0561. The van der Waals surface area contributed by atoms with Gasteiger partial charge in [0, 0.05) is 18.3 Å². The maximum atomic E-state index is 13.6. The molecule has 1 aliphatic rings. The summed E-state index contributed by atoms with van der Waals surface area (Å²) in [4.78, 5) is 59.2. The van der Waals surface area contributed by atoms with Gasteiger partial charge in [-0.15, -0.1) is 0 Å². The van der Waals surface area contributed by atoms with Crippen molar-refractivity contribution >= 4 is 22.9 Å². The summed E-state index contributed by atoms with van der Waals surface area (Å²) in [7, 11) is 1.22. The lowest BCUT2D eigenvalue weighted by Gasteiger charge is -2.35. The van der Waals surface area contributed by atoms with Gasteiger partial charge in [0.2, 0.25) is 5.91 Å². The van der Waals surface area contributed by atoms with Crippen molar-refractivity contribution in [1.82, 2.24) is 19.0 Å². The highest BCUT2D eigenvalue weighted by molar-refractivity contribution is 6.02. The first kappa shape index (κ1) is 23.4. The number of methoxy groups -OCH3 is 1. The number of ether oxygens (including phenoxy) is 1. The van der Waals surface area contributed by atoms with E-state index in [0.29, 0.717) is 17.9 Å². The summed E-state index contributed by atoms with van der Waals surface area (Å²) in [5.74, 6) is -1.00. The van der Waals surface area contributed by atoms with Crippen LogP contribution in [0.15, 0.2) is 46.0 Å². The van der Waals surface area contributed by atoms with E-state index in [4.69, 9.17) is 4.74 Å². The monoisotopic (exact) mass is 464 g/mol. The van der Waals surface area contributed by atoms with Crippen LogP contribution >= 0.6 is 0 Å². The second kappa shape index (κ2) is 9.62. The third-order valence-corrected chi connectivity index (χ3v) is 6.35. The zero-order chi connectivity index (χ0) is 24.4. The Morgan fingerprint density at radius 2 is 1.88 bits per heavy atom. The van der Waals surface area contributed by atoms with Crippen LogP contribution in [-0.2, 0) is 16.1 Å². The molecule has 2 aromatic heterocycles. The number of carbonyl (C=O) groups excluding carboxylic acids is 2. The van der Waals surface area contributed by atoms with Crippen molar-refractivity contribution in [1.29, 1.82) is 0 Å². The number of aryl methyl sites for hydroxylation is 1. The van der Waals surface area contributed by atoms with Gasteiger partial charge in [-0.05, 0) is 50.8 Å². The minimum Gasteiger partial charge on any atom is -0.465 e. The molecule has 1 fully saturated rings. The lowest BCUT2D eigenvalue weighted by Crippen LogP contribution is -2.49. The largest absolute Gasteiger partial charge is 0.465 e. The maximum absolute atomic E-state index is 13.6. The number of hydrogen-bond acceptors (Lipinski definition) is 6. The fourth-order valence-electron chi connectivity index (χ4n) is 4.66. The third kappa shape index (κ3) is 4.13. The predicted octanol–water partition coefficient (Wildman–Crippen LogP) is 2.43. The van der Waals surface area contributed by atoms with E-state index in [1.165, 1.54) is 17.7 Å². The molecule has 4 rings (SSSR count). The molecule has 0 N–H and O–H groups in total. The first-order valence-corrected chi connectivity index (χ1v) is 11.5. The van der Waals surface area contributed by atoms with Gasteiger partial charge >= 0.3 is 11.7 Å². The lowest BCUT2D eigenvalue weighted by atomic mass is 10.00. The number of para-hydroxylation sites is 1. The van der Waals surface area contributed by atoms with Crippen molar-refractivity contribution in [3.63, 3.8) is 0 Å². The van der Waals surface area contributed by atoms with Gasteiger partial charge in [0.15, 0.2) is 5.65 Å². The number of pyridine rings is 1. The number of piperidine rings is 1. The Morgan fingerprint density at radius 1 is 1.15 bits per heavy atom. The molecule has 0 aliphatic carbocycles. The Morgan fingerprint density at radius 3 is 2.56 bits per heavy atom. The Hall–Kier alpha value is -3.75. The molecule has 1 saturated heterocycles. The van der Waals surface area contributed by atoms with E-state index in [-0.39, 0.29) is 28.5 Å². The van der Waals surface area contributed by atoms with Crippen molar-refractivity contribution < 1.29 is 14.3 Å². The highest BCUT2D eigenvalue weighted by atomic mass is 16.5. The number of fused-ring (bicyclic) bond motifs is 1. The Bertz CT molecular complexity index is 1360. The molecule has 3 heterocycles. The van der Waals surface area contributed by atoms with E-state index in [1.807, 2.05) is 6.92 Å². The zero-order valence-electron chi connectivity index (χ0n) is 19.6. The van der Waals surface area contributed by atoms with E-state index < -0.39 is 23.8 Å². The molecule has 1 amide bonds. The fourth-order valence-corrected chi connectivity index (χ4v) is 4.66. The molecule has 9 heteroatoms. The molecular formula is C25H28N4O5. The number of rotatable bonds is 5. The Labute approximate surface area is 196 Å². The number of likely N-dealkylation sites (tertiary alicyclic amines) is 1. The summed E-state index contributed by atoms with van der Waals surface area (Å²) in [6.45, 7) is 3.88. The average molecular weight is 465 g/mol. The van der Waals surface area contributed by atoms with Crippen molar-refractivity contribution in [3.05, 3.63) is 68.5 Å².